The van der Waals surface area contributed by atoms with Crippen LogP contribution < -0.4 is 10.2 Å². The molecule has 206 valence electrons. The fourth-order valence-electron chi connectivity index (χ4n) is 5.17. The van der Waals surface area contributed by atoms with Crippen LogP contribution in [0.25, 0.3) is 0 Å². The van der Waals surface area contributed by atoms with Crippen LogP contribution in [0.5, 0.6) is 0 Å². The van der Waals surface area contributed by atoms with E-state index in [2.05, 4.69) is 15.4 Å². The number of carboxylic acid groups (broad SMARTS) is 1. The first-order valence-electron chi connectivity index (χ1n) is 12.8. The number of fused-ring (bicyclic) bond motifs is 1. The third-order valence-electron chi connectivity index (χ3n) is 7.28. The lowest BCUT2D eigenvalue weighted by Gasteiger charge is -2.24. The Morgan fingerprint density at radius 2 is 1.92 bits per heavy atom. The number of likely N-dealkylation sites (N-methyl/N-ethyl adjacent to an activating group) is 1. The van der Waals surface area contributed by atoms with Crippen molar-refractivity contribution in [2.24, 2.45) is 5.11 Å². The monoisotopic (exact) mass is 550 g/mol. The molecule has 0 radical (unpaired) electrons. The van der Waals surface area contributed by atoms with Gasteiger partial charge in [0.15, 0.2) is 0 Å². The third kappa shape index (κ3) is 5.64. The van der Waals surface area contributed by atoms with Gasteiger partial charge in [-0.05, 0) is 66.8 Å². The first-order chi connectivity index (χ1) is 18.6. The minimum absolute atomic E-state index is 0.151. The molecule has 11 heteroatoms. The van der Waals surface area contributed by atoms with Gasteiger partial charge in [-0.2, -0.15) is 9.42 Å². The summed E-state index contributed by atoms with van der Waals surface area (Å²) in [5.74, 6) is -1.00. The average molecular weight is 551 g/mol. The second kappa shape index (κ2) is 11.5. The predicted molar refractivity (Wildman–Crippen MR) is 151 cm³/mol. The highest BCUT2D eigenvalue weighted by atomic mass is 32.2. The average Bonchev–Trinajstić information content (AvgIpc) is 3.01. The molecule has 0 fully saturated rings. The molecule has 1 aliphatic heterocycles. The van der Waals surface area contributed by atoms with E-state index in [1.54, 1.807) is 31.4 Å². The molecule has 39 heavy (non-hydrogen) atoms. The molecular weight excluding hydrogens is 516 g/mol. The molecule has 0 spiro atoms. The number of carboxylic acids is 1. The maximum Gasteiger partial charge on any atom is 0.304 e. The molecular formula is C28H34N6O4S. The van der Waals surface area contributed by atoms with Gasteiger partial charge in [0.2, 0.25) is 10.0 Å². The summed E-state index contributed by atoms with van der Waals surface area (Å²) >= 11 is 0. The molecule has 0 aliphatic carbocycles. The minimum atomic E-state index is -3.81. The van der Waals surface area contributed by atoms with E-state index in [9.17, 15) is 18.3 Å². The minimum Gasteiger partial charge on any atom is -0.481 e. The van der Waals surface area contributed by atoms with E-state index in [-0.39, 0.29) is 17.9 Å². The molecule has 0 amide bonds. The number of anilines is 2. The van der Waals surface area contributed by atoms with Crippen molar-refractivity contribution in [3.05, 3.63) is 76.5 Å². The molecule has 4 rings (SSSR count). The molecule has 3 aromatic rings. The first-order valence-corrected chi connectivity index (χ1v) is 14.3. The zero-order valence-electron chi connectivity index (χ0n) is 22.6. The topological polar surface area (TPSA) is 139 Å². The summed E-state index contributed by atoms with van der Waals surface area (Å²) in [6, 6.07) is 12.6. The Labute approximate surface area is 229 Å². The number of aryl methyl sites for hydroxylation is 2. The maximum absolute atomic E-state index is 13.7. The molecule has 1 aliphatic rings. The number of hydrogen-bond acceptors (Lipinski definition) is 8. The Balaban J connectivity index is 1.75. The van der Waals surface area contributed by atoms with Crippen LogP contribution in [0.4, 0.5) is 17.2 Å². The zero-order valence-corrected chi connectivity index (χ0v) is 23.4. The SMILES string of the molecule is CCN1CCN(Cc2cc(C(CC(=O)O)c3cc(C)c(NC)c(N=N)c3)ccc2C)S(=O)(=O)c2cccnc21. The number of aromatic nitrogens is 1. The largest absolute Gasteiger partial charge is 0.481 e. The second-order valence-corrected chi connectivity index (χ2v) is 11.6. The maximum atomic E-state index is 13.7. The molecule has 0 bridgehead atoms. The van der Waals surface area contributed by atoms with Crippen LogP contribution in [0.3, 0.4) is 0 Å². The van der Waals surface area contributed by atoms with E-state index in [1.165, 1.54) is 4.31 Å². The normalized spacial score (nSPS) is 15.7. The number of nitrogens with zero attached hydrogens (tertiary/aromatic N) is 4. The van der Waals surface area contributed by atoms with Gasteiger partial charge in [-0.25, -0.2) is 18.9 Å². The molecule has 1 atom stereocenters. The van der Waals surface area contributed by atoms with E-state index in [4.69, 9.17) is 5.53 Å². The molecule has 1 unspecified atom stereocenters. The van der Waals surface area contributed by atoms with Gasteiger partial charge in [0.1, 0.15) is 16.4 Å². The van der Waals surface area contributed by atoms with Gasteiger partial charge < -0.3 is 15.3 Å². The van der Waals surface area contributed by atoms with Crippen LogP contribution in [0.1, 0.15) is 47.1 Å². The number of aliphatic carboxylic acids is 1. The van der Waals surface area contributed by atoms with Crippen LogP contribution in [-0.4, -0.2) is 55.5 Å². The summed E-state index contributed by atoms with van der Waals surface area (Å²) in [4.78, 5) is 18.4. The van der Waals surface area contributed by atoms with Crippen molar-refractivity contribution in [1.29, 1.82) is 5.53 Å². The molecule has 1 aromatic heterocycles. The fourth-order valence-corrected chi connectivity index (χ4v) is 6.74. The number of nitrogens with one attached hydrogen (secondary N) is 2. The van der Waals surface area contributed by atoms with E-state index >= 15 is 0 Å². The molecule has 0 saturated carbocycles. The van der Waals surface area contributed by atoms with Crippen molar-refractivity contribution in [2.45, 2.75) is 44.6 Å². The Bertz CT molecular complexity index is 1510. The highest BCUT2D eigenvalue weighted by Gasteiger charge is 2.33. The smallest absolute Gasteiger partial charge is 0.304 e. The van der Waals surface area contributed by atoms with E-state index in [0.717, 1.165) is 33.5 Å². The van der Waals surface area contributed by atoms with Gasteiger partial charge >= 0.3 is 5.97 Å². The molecule has 2 aromatic carbocycles. The van der Waals surface area contributed by atoms with E-state index in [0.29, 0.717) is 31.1 Å². The third-order valence-corrected chi connectivity index (χ3v) is 9.15. The molecule has 10 nitrogen and oxygen atoms in total. The van der Waals surface area contributed by atoms with Crippen molar-refractivity contribution in [1.82, 2.24) is 9.29 Å². The number of carbonyl (C=O) groups is 1. The Kier molecular flexibility index (Phi) is 8.31. The summed E-state index contributed by atoms with van der Waals surface area (Å²) in [6.07, 6.45) is 1.44. The van der Waals surface area contributed by atoms with Crippen LogP contribution in [-0.2, 0) is 21.4 Å². The summed E-state index contributed by atoms with van der Waals surface area (Å²) in [7, 11) is -2.06. The number of pyridine rings is 1. The van der Waals surface area contributed by atoms with Crippen LogP contribution in [0.15, 0.2) is 58.7 Å². The van der Waals surface area contributed by atoms with Gasteiger partial charge in [0.05, 0.1) is 12.1 Å². The summed E-state index contributed by atoms with van der Waals surface area (Å²) in [5.41, 5.74) is 12.8. The van der Waals surface area contributed by atoms with Crippen molar-refractivity contribution >= 4 is 33.2 Å². The molecule has 0 saturated heterocycles. The fraction of sp³-hybridized carbons (Fsp3) is 0.357. The number of benzene rings is 2. The van der Waals surface area contributed by atoms with Gasteiger partial charge in [-0.1, -0.05) is 24.3 Å². The van der Waals surface area contributed by atoms with Crippen LogP contribution in [0.2, 0.25) is 0 Å². The van der Waals surface area contributed by atoms with Gasteiger partial charge in [0.25, 0.3) is 0 Å². The van der Waals surface area contributed by atoms with Crippen molar-refractivity contribution < 1.29 is 18.3 Å². The van der Waals surface area contributed by atoms with E-state index < -0.39 is 21.9 Å². The summed E-state index contributed by atoms with van der Waals surface area (Å²) in [5, 5.41) is 16.4. The zero-order chi connectivity index (χ0) is 28.3. The van der Waals surface area contributed by atoms with Crippen LogP contribution in [0, 0.1) is 19.4 Å². The Morgan fingerprint density at radius 1 is 1.15 bits per heavy atom. The highest BCUT2D eigenvalue weighted by Crippen LogP contribution is 2.37. The van der Waals surface area contributed by atoms with Crippen LogP contribution >= 0.6 is 0 Å². The van der Waals surface area contributed by atoms with Crippen molar-refractivity contribution in [3.8, 4) is 0 Å². The summed E-state index contributed by atoms with van der Waals surface area (Å²) < 4.78 is 28.9. The first kappa shape index (κ1) is 28.2. The van der Waals surface area contributed by atoms with E-state index in [1.807, 2.05) is 49.9 Å². The van der Waals surface area contributed by atoms with Gasteiger partial charge in [0, 0.05) is 45.3 Å². The van der Waals surface area contributed by atoms with Gasteiger partial charge in [-0.15, -0.1) is 0 Å². The second-order valence-electron chi connectivity index (χ2n) is 9.67. The highest BCUT2D eigenvalue weighted by molar-refractivity contribution is 7.89. The lowest BCUT2D eigenvalue weighted by atomic mass is 9.85. The Hall–Kier alpha value is -3.83. The number of hydrogen-bond donors (Lipinski definition) is 3. The molecule has 3 N–H and O–H groups in total. The number of rotatable bonds is 9. The Morgan fingerprint density at radius 3 is 2.59 bits per heavy atom. The van der Waals surface area contributed by atoms with Gasteiger partial charge in [-0.3, -0.25) is 4.79 Å². The van der Waals surface area contributed by atoms with Crippen molar-refractivity contribution in [2.75, 3.05) is 36.9 Å². The van der Waals surface area contributed by atoms with Crippen molar-refractivity contribution in [3.63, 3.8) is 0 Å². The molecule has 2 heterocycles. The summed E-state index contributed by atoms with van der Waals surface area (Å²) in [6.45, 7) is 7.38. The lowest BCUT2D eigenvalue weighted by Crippen LogP contribution is -2.34. The predicted octanol–water partition coefficient (Wildman–Crippen LogP) is 5.04. The number of sulfonamides is 1. The lowest BCUT2D eigenvalue weighted by molar-refractivity contribution is -0.137. The quantitative estimate of drug-likeness (QED) is 0.317. The standard InChI is InChI=1S/C28H34N6O4S/c1-5-33-11-12-34(39(37,38)25-7-6-10-31-28(25)33)17-22-14-20(9-8-18(22)2)23(16-26(35)36)21-13-19(3)27(30-4)24(15-21)32-29/h6-10,13-15,23,29-30H,5,11-12,16-17H2,1-4H3,(H,35,36).